The summed E-state index contributed by atoms with van der Waals surface area (Å²) in [6.45, 7) is 0.507. The van der Waals surface area contributed by atoms with Crippen molar-refractivity contribution in [2.24, 2.45) is 5.41 Å². The Morgan fingerprint density at radius 1 is 1.38 bits per heavy atom. The lowest BCUT2D eigenvalue weighted by Gasteiger charge is -2.37. The van der Waals surface area contributed by atoms with Gasteiger partial charge in [-0.1, -0.05) is 22.4 Å². The van der Waals surface area contributed by atoms with Crippen LogP contribution >= 0.6 is 15.9 Å². The van der Waals surface area contributed by atoms with Crippen molar-refractivity contribution in [3.63, 3.8) is 0 Å². The summed E-state index contributed by atoms with van der Waals surface area (Å²) in [4.78, 5) is 12.1. The van der Waals surface area contributed by atoms with Gasteiger partial charge in [0, 0.05) is 4.47 Å². The van der Waals surface area contributed by atoms with Crippen LogP contribution in [0.5, 0.6) is 5.75 Å². The van der Waals surface area contributed by atoms with Crippen molar-refractivity contribution in [2.75, 3.05) is 11.9 Å². The molecule has 3 rings (SSSR count). The highest BCUT2D eigenvalue weighted by Crippen LogP contribution is 2.45. The molecule has 0 atom stereocenters. The zero-order chi connectivity index (χ0) is 11.2. The van der Waals surface area contributed by atoms with Crippen LogP contribution in [0.3, 0.4) is 0 Å². The molecule has 1 N–H and O–H groups in total. The number of ether oxygens (including phenoxy) is 1. The monoisotopic (exact) mass is 281 g/mol. The zero-order valence-corrected chi connectivity index (χ0v) is 10.3. The number of fused-ring (bicyclic) bond motifs is 1. The molecule has 1 aliphatic heterocycles. The highest BCUT2D eigenvalue weighted by atomic mass is 79.9. The third-order valence-corrected chi connectivity index (χ3v) is 3.98. The Kier molecular flexibility index (Phi) is 2.21. The van der Waals surface area contributed by atoms with Crippen molar-refractivity contribution in [3.05, 3.63) is 22.7 Å². The van der Waals surface area contributed by atoms with Crippen LogP contribution < -0.4 is 10.1 Å². The molecule has 3 nitrogen and oxygen atoms in total. The molecule has 2 aliphatic rings. The Morgan fingerprint density at radius 2 is 2.19 bits per heavy atom. The second-order valence-electron chi connectivity index (χ2n) is 4.52. The Morgan fingerprint density at radius 3 is 2.88 bits per heavy atom. The molecule has 1 saturated carbocycles. The van der Waals surface area contributed by atoms with Gasteiger partial charge in [0.15, 0.2) is 0 Å². The zero-order valence-electron chi connectivity index (χ0n) is 8.75. The number of amides is 1. The van der Waals surface area contributed by atoms with Gasteiger partial charge in [0.05, 0.1) is 11.1 Å². The van der Waals surface area contributed by atoms with Crippen LogP contribution in [-0.2, 0) is 4.79 Å². The standard InChI is InChI=1S/C12H12BrNO2/c13-8-2-3-10-9(6-8)14-11(15)12(7-16-10)4-1-5-12/h2-3,6H,1,4-5,7H2,(H,14,15). The normalized spacial score (nSPS) is 21.4. The number of carbonyl (C=O) groups is 1. The third kappa shape index (κ3) is 1.44. The first kappa shape index (κ1) is 10.1. The van der Waals surface area contributed by atoms with Crippen molar-refractivity contribution in [1.82, 2.24) is 0 Å². The lowest BCUT2D eigenvalue weighted by Crippen LogP contribution is -2.45. The number of carbonyl (C=O) groups excluding carboxylic acids is 1. The third-order valence-electron chi connectivity index (χ3n) is 3.49. The molecule has 1 amide bonds. The van der Waals surface area contributed by atoms with Crippen LogP contribution in [-0.4, -0.2) is 12.5 Å². The highest BCUT2D eigenvalue weighted by Gasteiger charge is 2.46. The molecule has 1 aliphatic carbocycles. The van der Waals surface area contributed by atoms with Crippen molar-refractivity contribution < 1.29 is 9.53 Å². The number of hydrogen-bond donors (Lipinski definition) is 1. The van der Waals surface area contributed by atoms with E-state index in [1.807, 2.05) is 18.2 Å². The highest BCUT2D eigenvalue weighted by molar-refractivity contribution is 9.10. The van der Waals surface area contributed by atoms with Crippen molar-refractivity contribution in [2.45, 2.75) is 19.3 Å². The fourth-order valence-electron chi connectivity index (χ4n) is 2.24. The predicted octanol–water partition coefficient (Wildman–Crippen LogP) is 2.95. The predicted molar refractivity (Wildman–Crippen MR) is 64.6 cm³/mol. The molecule has 0 bridgehead atoms. The van der Waals surface area contributed by atoms with Gasteiger partial charge in [0.2, 0.25) is 5.91 Å². The van der Waals surface area contributed by atoms with E-state index in [1.54, 1.807) is 0 Å². The molecule has 1 aromatic rings. The minimum atomic E-state index is -0.272. The number of hydrogen-bond acceptors (Lipinski definition) is 2. The summed E-state index contributed by atoms with van der Waals surface area (Å²) in [6, 6.07) is 5.69. The first-order valence-corrected chi connectivity index (χ1v) is 6.23. The van der Waals surface area contributed by atoms with Crippen LogP contribution in [0.15, 0.2) is 22.7 Å². The smallest absolute Gasteiger partial charge is 0.234 e. The summed E-state index contributed by atoms with van der Waals surface area (Å²) in [5.41, 5.74) is 0.494. The molecule has 0 aromatic heterocycles. The summed E-state index contributed by atoms with van der Waals surface area (Å²) in [5.74, 6) is 0.871. The number of nitrogens with one attached hydrogen (secondary N) is 1. The second-order valence-corrected chi connectivity index (χ2v) is 5.43. The first-order chi connectivity index (χ1) is 7.70. The van der Waals surface area contributed by atoms with Gasteiger partial charge >= 0.3 is 0 Å². The van der Waals surface area contributed by atoms with E-state index >= 15 is 0 Å². The average Bonchev–Trinajstić information content (AvgIpc) is 2.32. The molecule has 84 valence electrons. The maximum Gasteiger partial charge on any atom is 0.234 e. The van der Waals surface area contributed by atoms with E-state index in [0.29, 0.717) is 6.61 Å². The average molecular weight is 282 g/mol. The molecule has 1 heterocycles. The Balaban J connectivity index is 1.97. The molecular formula is C12H12BrNO2. The molecule has 1 aromatic carbocycles. The van der Waals surface area contributed by atoms with Gasteiger partial charge in [0.25, 0.3) is 0 Å². The fourth-order valence-corrected chi connectivity index (χ4v) is 2.60. The van der Waals surface area contributed by atoms with Crippen LogP contribution in [0, 0.1) is 5.41 Å². The SMILES string of the molecule is O=C1Nc2cc(Br)ccc2OCC12CCC2. The maximum absolute atomic E-state index is 12.1. The van der Waals surface area contributed by atoms with Crippen molar-refractivity contribution in [3.8, 4) is 5.75 Å². The van der Waals surface area contributed by atoms with Gasteiger partial charge in [-0.05, 0) is 31.0 Å². The van der Waals surface area contributed by atoms with Crippen LogP contribution in [0.4, 0.5) is 5.69 Å². The minimum absolute atomic E-state index is 0.107. The largest absolute Gasteiger partial charge is 0.490 e. The van der Waals surface area contributed by atoms with Gasteiger partial charge in [-0.3, -0.25) is 4.79 Å². The summed E-state index contributed by atoms with van der Waals surface area (Å²) < 4.78 is 6.67. The van der Waals surface area contributed by atoms with Crippen molar-refractivity contribution >= 4 is 27.5 Å². The van der Waals surface area contributed by atoms with Gasteiger partial charge in [0.1, 0.15) is 12.4 Å². The summed E-state index contributed by atoms with van der Waals surface area (Å²) >= 11 is 3.39. The number of anilines is 1. The lowest BCUT2D eigenvalue weighted by atomic mass is 9.69. The number of rotatable bonds is 0. The molecule has 1 spiro atoms. The fraction of sp³-hybridized carbons (Fsp3) is 0.417. The van der Waals surface area contributed by atoms with Crippen LogP contribution in [0.1, 0.15) is 19.3 Å². The number of halogens is 1. The molecule has 0 unspecified atom stereocenters. The van der Waals surface area contributed by atoms with Gasteiger partial charge in [-0.2, -0.15) is 0 Å². The molecule has 1 fully saturated rings. The Hall–Kier alpha value is -1.03. The van der Waals surface area contributed by atoms with Gasteiger partial charge in [-0.15, -0.1) is 0 Å². The molecule has 4 heteroatoms. The van der Waals surface area contributed by atoms with E-state index in [9.17, 15) is 4.79 Å². The number of benzene rings is 1. The van der Waals surface area contributed by atoms with E-state index in [-0.39, 0.29) is 11.3 Å². The molecule has 0 saturated heterocycles. The quantitative estimate of drug-likeness (QED) is 0.794. The molecule has 0 radical (unpaired) electrons. The topological polar surface area (TPSA) is 38.3 Å². The van der Waals surface area contributed by atoms with E-state index < -0.39 is 0 Å². The Labute approximate surface area is 102 Å². The molecular weight excluding hydrogens is 270 g/mol. The lowest BCUT2D eigenvalue weighted by molar-refractivity contribution is -0.132. The van der Waals surface area contributed by atoms with E-state index in [4.69, 9.17) is 4.74 Å². The van der Waals surface area contributed by atoms with Crippen LogP contribution in [0.2, 0.25) is 0 Å². The van der Waals surface area contributed by atoms with Gasteiger partial charge in [-0.25, -0.2) is 0 Å². The first-order valence-electron chi connectivity index (χ1n) is 5.43. The minimum Gasteiger partial charge on any atom is -0.490 e. The molecule has 16 heavy (non-hydrogen) atoms. The maximum atomic E-state index is 12.1. The summed E-state index contributed by atoms with van der Waals surface area (Å²) in [6.07, 6.45) is 3.00. The summed E-state index contributed by atoms with van der Waals surface area (Å²) in [7, 11) is 0. The second kappa shape index (κ2) is 3.48. The Bertz CT molecular complexity index is 454. The van der Waals surface area contributed by atoms with Crippen LogP contribution in [0.25, 0.3) is 0 Å². The van der Waals surface area contributed by atoms with E-state index in [1.165, 1.54) is 0 Å². The van der Waals surface area contributed by atoms with Gasteiger partial charge < -0.3 is 10.1 Å². The summed E-state index contributed by atoms with van der Waals surface area (Å²) in [5, 5.41) is 2.96. The van der Waals surface area contributed by atoms with Crippen molar-refractivity contribution in [1.29, 1.82) is 0 Å². The van der Waals surface area contributed by atoms with E-state index in [0.717, 1.165) is 35.2 Å². The van der Waals surface area contributed by atoms with E-state index in [2.05, 4.69) is 21.2 Å².